The number of hydrogen-bond donors (Lipinski definition) is 5. The molecule has 2 aromatic carbocycles. The van der Waals surface area contributed by atoms with Gasteiger partial charge in [0.1, 0.15) is 6.61 Å². The standard InChI is InChI=1S/C28H30N4O5/c33-16-23(13-25-27(36)28(37)31-18-30-25)22-9-7-20(8-10-22)2-1-19-3-5-21(6-4-19)14-29-24-11-12-32(15-24)26(35)17-34/h3-10,18,23-24,29,33-34,36H,11-17H2,(H,30,31,37)/t23-,24+/m0/s1. The maximum absolute atomic E-state index is 11.6. The van der Waals surface area contributed by atoms with E-state index in [1.54, 1.807) is 4.90 Å². The molecule has 0 unspecified atom stereocenters. The fourth-order valence-electron chi connectivity index (χ4n) is 4.30. The van der Waals surface area contributed by atoms with E-state index in [1.165, 1.54) is 6.33 Å². The van der Waals surface area contributed by atoms with Crippen LogP contribution in [0.25, 0.3) is 0 Å². The topological polar surface area (TPSA) is 139 Å². The molecular weight excluding hydrogens is 472 g/mol. The first-order chi connectivity index (χ1) is 18.0. The number of H-pyrrole nitrogens is 1. The summed E-state index contributed by atoms with van der Waals surface area (Å²) in [6.45, 7) is 1.38. The monoisotopic (exact) mass is 502 g/mol. The van der Waals surface area contributed by atoms with Crippen molar-refractivity contribution in [2.24, 2.45) is 0 Å². The van der Waals surface area contributed by atoms with Crippen LogP contribution in [0.2, 0.25) is 0 Å². The molecule has 0 bridgehead atoms. The zero-order valence-electron chi connectivity index (χ0n) is 20.4. The number of likely N-dealkylation sites (tertiary alicyclic amines) is 1. The summed E-state index contributed by atoms with van der Waals surface area (Å²) in [4.78, 5) is 31.2. The Bertz CT molecular complexity index is 1330. The van der Waals surface area contributed by atoms with Gasteiger partial charge < -0.3 is 30.5 Å². The molecule has 0 saturated carbocycles. The highest BCUT2D eigenvalue weighted by molar-refractivity contribution is 5.77. The highest BCUT2D eigenvalue weighted by Gasteiger charge is 2.25. The number of amides is 1. The van der Waals surface area contributed by atoms with Crippen LogP contribution in [0, 0.1) is 11.8 Å². The van der Waals surface area contributed by atoms with E-state index in [2.05, 4.69) is 27.1 Å². The minimum atomic E-state index is -0.603. The maximum Gasteiger partial charge on any atom is 0.293 e. The third kappa shape index (κ3) is 6.83. The van der Waals surface area contributed by atoms with E-state index >= 15 is 0 Å². The van der Waals surface area contributed by atoms with Crippen LogP contribution in [0.5, 0.6) is 5.75 Å². The molecule has 2 atom stereocenters. The number of carbonyl (C=O) groups excluding carboxylic acids is 1. The summed E-state index contributed by atoms with van der Waals surface area (Å²) >= 11 is 0. The minimum absolute atomic E-state index is 0.153. The lowest BCUT2D eigenvalue weighted by Crippen LogP contribution is -2.36. The van der Waals surface area contributed by atoms with Crippen LogP contribution in [-0.2, 0) is 17.8 Å². The smallest absolute Gasteiger partial charge is 0.293 e. The van der Waals surface area contributed by atoms with Gasteiger partial charge in [-0.25, -0.2) is 4.98 Å². The van der Waals surface area contributed by atoms with Crippen LogP contribution < -0.4 is 10.9 Å². The molecule has 1 saturated heterocycles. The number of nitrogens with one attached hydrogen (secondary N) is 2. The molecule has 9 nitrogen and oxygen atoms in total. The SMILES string of the molecule is O=C(CO)N1CC[C@@H](NCc2ccc(C#Cc3ccc([C@H](CO)Cc4nc[nH]c(=O)c4O)cc3)cc2)C1. The number of benzene rings is 2. The summed E-state index contributed by atoms with van der Waals surface area (Å²) in [5.74, 6) is 5.34. The Kier molecular flexibility index (Phi) is 8.69. The fraction of sp³-hybridized carbons (Fsp3) is 0.321. The molecule has 1 aromatic heterocycles. The van der Waals surface area contributed by atoms with Crippen molar-refractivity contribution in [1.29, 1.82) is 0 Å². The number of aliphatic hydroxyl groups excluding tert-OH is 2. The molecule has 0 aliphatic carbocycles. The zero-order valence-corrected chi connectivity index (χ0v) is 20.4. The van der Waals surface area contributed by atoms with Crippen molar-refractivity contribution in [3.8, 4) is 17.6 Å². The second kappa shape index (κ2) is 12.3. The Hall–Kier alpha value is -3.97. The van der Waals surface area contributed by atoms with Gasteiger partial charge in [0.2, 0.25) is 11.7 Å². The number of rotatable bonds is 8. The number of aromatic hydroxyl groups is 1. The third-order valence-corrected chi connectivity index (χ3v) is 6.52. The molecule has 1 amide bonds. The van der Waals surface area contributed by atoms with E-state index in [0.29, 0.717) is 19.6 Å². The lowest BCUT2D eigenvalue weighted by molar-refractivity contribution is -0.133. The average Bonchev–Trinajstić information content (AvgIpc) is 3.41. The van der Waals surface area contributed by atoms with Gasteiger partial charge in [0.05, 0.1) is 18.6 Å². The molecule has 3 aromatic rings. The molecule has 4 rings (SSSR count). The molecule has 2 heterocycles. The van der Waals surface area contributed by atoms with Crippen LogP contribution in [0.15, 0.2) is 59.7 Å². The highest BCUT2D eigenvalue weighted by atomic mass is 16.3. The molecule has 9 heteroatoms. The first kappa shape index (κ1) is 26.1. The lowest BCUT2D eigenvalue weighted by atomic mass is 9.94. The first-order valence-electron chi connectivity index (χ1n) is 12.2. The Balaban J connectivity index is 1.32. The van der Waals surface area contributed by atoms with Gasteiger partial charge in [0, 0.05) is 49.1 Å². The molecule has 1 aliphatic heterocycles. The second-order valence-electron chi connectivity index (χ2n) is 9.04. The lowest BCUT2D eigenvalue weighted by Gasteiger charge is -2.16. The van der Waals surface area contributed by atoms with Gasteiger partial charge in [-0.15, -0.1) is 0 Å². The van der Waals surface area contributed by atoms with Crippen molar-refractivity contribution < 1.29 is 20.1 Å². The van der Waals surface area contributed by atoms with Crippen LogP contribution in [0.1, 0.15) is 40.3 Å². The Morgan fingerprint density at radius 3 is 2.43 bits per heavy atom. The number of aromatic nitrogens is 2. The quantitative estimate of drug-likeness (QED) is 0.288. The molecule has 5 N–H and O–H groups in total. The summed E-state index contributed by atoms with van der Waals surface area (Å²) in [5.41, 5.74) is 3.33. The van der Waals surface area contributed by atoms with Crippen molar-refractivity contribution in [1.82, 2.24) is 20.2 Å². The van der Waals surface area contributed by atoms with Gasteiger partial charge >= 0.3 is 0 Å². The number of hydrogen-bond acceptors (Lipinski definition) is 7. The van der Waals surface area contributed by atoms with E-state index in [0.717, 1.165) is 28.7 Å². The Labute approximate surface area is 214 Å². The summed E-state index contributed by atoms with van der Waals surface area (Å²) in [7, 11) is 0. The van der Waals surface area contributed by atoms with Crippen LogP contribution >= 0.6 is 0 Å². The first-order valence-corrected chi connectivity index (χ1v) is 12.2. The van der Waals surface area contributed by atoms with Crippen molar-refractivity contribution in [2.75, 3.05) is 26.3 Å². The predicted molar refractivity (Wildman–Crippen MR) is 138 cm³/mol. The third-order valence-electron chi connectivity index (χ3n) is 6.52. The molecule has 37 heavy (non-hydrogen) atoms. The fourth-order valence-corrected chi connectivity index (χ4v) is 4.30. The van der Waals surface area contributed by atoms with Crippen LogP contribution in [-0.4, -0.2) is 68.4 Å². The average molecular weight is 503 g/mol. The minimum Gasteiger partial charge on any atom is -0.502 e. The Morgan fingerprint density at radius 2 is 1.78 bits per heavy atom. The maximum atomic E-state index is 11.6. The van der Waals surface area contributed by atoms with E-state index < -0.39 is 17.9 Å². The normalized spacial score (nSPS) is 15.7. The van der Waals surface area contributed by atoms with Crippen molar-refractivity contribution >= 4 is 5.91 Å². The number of nitrogens with zero attached hydrogens (tertiary/aromatic N) is 2. The molecule has 1 fully saturated rings. The summed E-state index contributed by atoms with van der Waals surface area (Å²) in [6, 6.07) is 15.7. The van der Waals surface area contributed by atoms with Crippen molar-refractivity contribution in [2.45, 2.75) is 31.3 Å². The summed E-state index contributed by atoms with van der Waals surface area (Å²) < 4.78 is 0. The van der Waals surface area contributed by atoms with Gasteiger partial charge in [0.25, 0.3) is 5.56 Å². The largest absolute Gasteiger partial charge is 0.502 e. The molecular formula is C28H30N4O5. The number of carbonyl (C=O) groups is 1. The van der Waals surface area contributed by atoms with E-state index in [4.69, 9.17) is 5.11 Å². The number of aromatic amines is 1. The van der Waals surface area contributed by atoms with E-state index in [-0.39, 0.29) is 36.6 Å². The van der Waals surface area contributed by atoms with Gasteiger partial charge in [-0.2, -0.15) is 0 Å². The summed E-state index contributed by atoms with van der Waals surface area (Å²) in [6.07, 6.45) is 2.34. The van der Waals surface area contributed by atoms with Crippen molar-refractivity contribution in [3.63, 3.8) is 0 Å². The van der Waals surface area contributed by atoms with E-state index in [1.807, 2.05) is 48.5 Å². The highest BCUT2D eigenvalue weighted by Crippen LogP contribution is 2.22. The van der Waals surface area contributed by atoms with Crippen LogP contribution in [0.3, 0.4) is 0 Å². The number of aliphatic hydroxyl groups is 2. The summed E-state index contributed by atoms with van der Waals surface area (Å²) in [5, 5.41) is 32.2. The predicted octanol–water partition coefficient (Wildman–Crippen LogP) is 0.877. The van der Waals surface area contributed by atoms with Gasteiger partial charge in [-0.05, 0) is 41.8 Å². The zero-order chi connectivity index (χ0) is 26.2. The molecule has 1 aliphatic rings. The van der Waals surface area contributed by atoms with Crippen molar-refractivity contribution in [3.05, 3.63) is 93.2 Å². The van der Waals surface area contributed by atoms with Gasteiger partial charge in [-0.1, -0.05) is 36.1 Å². The van der Waals surface area contributed by atoms with Gasteiger partial charge in [-0.3, -0.25) is 9.59 Å². The Morgan fingerprint density at radius 1 is 1.11 bits per heavy atom. The molecule has 0 radical (unpaired) electrons. The van der Waals surface area contributed by atoms with E-state index in [9.17, 15) is 19.8 Å². The second-order valence-corrected chi connectivity index (χ2v) is 9.04. The molecule has 192 valence electrons. The van der Waals surface area contributed by atoms with Gasteiger partial charge in [0.15, 0.2) is 0 Å². The molecule has 0 spiro atoms. The van der Waals surface area contributed by atoms with Crippen LogP contribution in [0.4, 0.5) is 0 Å².